The molecule has 0 radical (unpaired) electrons. The fraction of sp³-hybridized carbons (Fsp3) is 0.348. The van der Waals surface area contributed by atoms with E-state index in [9.17, 15) is 4.79 Å². The Kier molecular flexibility index (Phi) is 6.97. The summed E-state index contributed by atoms with van der Waals surface area (Å²) in [5.74, 6) is 0.916. The molecule has 6 nitrogen and oxygen atoms in total. The van der Waals surface area contributed by atoms with Crippen molar-refractivity contribution >= 4 is 44.6 Å². The van der Waals surface area contributed by atoms with Gasteiger partial charge in [-0.1, -0.05) is 29.8 Å². The molecule has 0 unspecified atom stereocenters. The second kappa shape index (κ2) is 9.87. The maximum atomic E-state index is 12.6. The fourth-order valence-electron chi connectivity index (χ4n) is 3.85. The van der Waals surface area contributed by atoms with Crippen molar-refractivity contribution in [2.45, 2.75) is 6.54 Å². The fourth-order valence-corrected chi connectivity index (χ4v) is 5.04. The number of nitrogens with zero attached hydrogens (tertiary/aromatic N) is 2. The van der Waals surface area contributed by atoms with Crippen molar-refractivity contribution in [2.24, 2.45) is 0 Å². The highest BCUT2D eigenvalue weighted by Crippen LogP contribution is 2.35. The molecule has 0 saturated carbocycles. The molecular weight excluding hydrogens is 434 g/mol. The summed E-state index contributed by atoms with van der Waals surface area (Å²) in [5, 5.41) is 6.97. The third-order valence-electron chi connectivity index (χ3n) is 5.54. The number of amides is 1. The van der Waals surface area contributed by atoms with Crippen LogP contribution in [0.2, 0.25) is 5.02 Å². The summed E-state index contributed by atoms with van der Waals surface area (Å²) in [6, 6.07) is 11.9. The van der Waals surface area contributed by atoms with Crippen LogP contribution in [0.25, 0.3) is 10.1 Å². The average Bonchev–Trinajstić information content (AvgIpc) is 3.19. The Balaban J connectivity index is 1.30. The lowest BCUT2D eigenvalue weighted by molar-refractivity contribution is -0.117. The molecule has 2 heterocycles. The summed E-state index contributed by atoms with van der Waals surface area (Å²) >= 11 is 7.94. The molecule has 2 aromatic carbocycles. The van der Waals surface area contributed by atoms with Crippen LogP contribution in [0, 0.1) is 0 Å². The zero-order valence-corrected chi connectivity index (χ0v) is 19.3. The molecule has 31 heavy (non-hydrogen) atoms. The SMILES string of the molecule is COc1cc(NC(=O)CN2CCN(Cc3csc4ccccc34)CC2)c(OC)cc1Cl. The van der Waals surface area contributed by atoms with Gasteiger partial charge in [-0.25, -0.2) is 0 Å². The number of anilines is 1. The van der Waals surface area contributed by atoms with Gasteiger partial charge in [0.1, 0.15) is 11.5 Å². The number of methoxy groups -OCH3 is 2. The van der Waals surface area contributed by atoms with E-state index in [0.29, 0.717) is 28.8 Å². The number of ether oxygens (including phenoxy) is 2. The molecular formula is C23H26ClN3O3S. The van der Waals surface area contributed by atoms with Gasteiger partial charge < -0.3 is 14.8 Å². The quantitative estimate of drug-likeness (QED) is 0.570. The molecule has 1 fully saturated rings. The number of carbonyl (C=O) groups is 1. The summed E-state index contributed by atoms with van der Waals surface area (Å²) in [6.45, 7) is 4.88. The predicted molar refractivity (Wildman–Crippen MR) is 127 cm³/mol. The minimum Gasteiger partial charge on any atom is -0.495 e. The molecule has 164 valence electrons. The van der Waals surface area contributed by atoms with Crippen molar-refractivity contribution in [3.8, 4) is 11.5 Å². The van der Waals surface area contributed by atoms with Gasteiger partial charge in [-0.2, -0.15) is 0 Å². The summed E-state index contributed by atoms with van der Waals surface area (Å²) in [5.41, 5.74) is 1.94. The van der Waals surface area contributed by atoms with E-state index < -0.39 is 0 Å². The van der Waals surface area contributed by atoms with Gasteiger partial charge in [0.25, 0.3) is 0 Å². The number of nitrogens with one attached hydrogen (secondary N) is 1. The Labute approximate surface area is 191 Å². The van der Waals surface area contributed by atoms with E-state index in [1.54, 1.807) is 30.6 Å². The van der Waals surface area contributed by atoms with Crippen LogP contribution in [0.4, 0.5) is 5.69 Å². The minimum absolute atomic E-state index is 0.0834. The Morgan fingerprint density at radius 3 is 2.52 bits per heavy atom. The number of benzene rings is 2. The number of thiophene rings is 1. The number of hydrogen-bond acceptors (Lipinski definition) is 6. The van der Waals surface area contributed by atoms with Gasteiger partial charge >= 0.3 is 0 Å². The smallest absolute Gasteiger partial charge is 0.238 e. The molecule has 1 aliphatic rings. The zero-order chi connectivity index (χ0) is 21.8. The first-order chi connectivity index (χ1) is 15.1. The van der Waals surface area contributed by atoms with Crippen LogP contribution < -0.4 is 14.8 Å². The van der Waals surface area contributed by atoms with Gasteiger partial charge in [0.2, 0.25) is 5.91 Å². The zero-order valence-electron chi connectivity index (χ0n) is 17.7. The summed E-state index contributed by atoms with van der Waals surface area (Å²) in [4.78, 5) is 17.3. The van der Waals surface area contributed by atoms with Gasteiger partial charge in [0, 0.05) is 49.6 Å². The van der Waals surface area contributed by atoms with Crippen molar-refractivity contribution in [1.82, 2.24) is 9.80 Å². The van der Waals surface area contributed by atoms with Crippen LogP contribution >= 0.6 is 22.9 Å². The standard InChI is InChI=1S/C23H26ClN3O3S/c1-29-20-12-19(21(30-2)11-18(20)24)25-23(28)14-27-9-7-26(8-10-27)13-16-15-31-22-6-4-3-5-17(16)22/h3-6,11-12,15H,7-10,13-14H2,1-2H3,(H,25,28). The van der Waals surface area contributed by atoms with E-state index in [-0.39, 0.29) is 5.91 Å². The highest BCUT2D eigenvalue weighted by molar-refractivity contribution is 7.17. The molecule has 1 N–H and O–H groups in total. The Morgan fingerprint density at radius 1 is 1.06 bits per heavy atom. The van der Waals surface area contributed by atoms with Crippen molar-refractivity contribution < 1.29 is 14.3 Å². The normalized spacial score (nSPS) is 15.2. The molecule has 0 atom stereocenters. The van der Waals surface area contributed by atoms with Crippen LogP contribution in [0.1, 0.15) is 5.56 Å². The summed E-state index contributed by atoms with van der Waals surface area (Å²) < 4.78 is 11.9. The third-order valence-corrected chi connectivity index (χ3v) is 6.84. The predicted octanol–water partition coefficient (Wildman–Crippen LogP) is 4.33. The van der Waals surface area contributed by atoms with Crippen molar-refractivity contribution in [2.75, 3.05) is 52.3 Å². The second-order valence-electron chi connectivity index (χ2n) is 7.54. The third kappa shape index (κ3) is 5.13. The van der Waals surface area contributed by atoms with Crippen LogP contribution in [-0.4, -0.2) is 62.7 Å². The van der Waals surface area contributed by atoms with Gasteiger partial charge in [0.15, 0.2) is 0 Å². The van der Waals surface area contributed by atoms with Crippen LogP contribution in [0.5, 0.6) is 11.5 Å². The molecule has 3 aromatic rings. The van der Waals surface area contributed by atoms with E-state index in [1.165, 1.54) is 22.8 Å². The van der Waals surface area contributed by atoms with E-state index in [1.807, 2.05) is 0 Å². The monoisotopic (exact) mass is 459 g/mol. The second-order valence-corrected chi connectivity index (χ2v) is 8.86. The largest absolute Gasteiger partial charge is 0.495 e. The summed E-state index contributed by atoms with van der Waals surface area (Å²) in [6.07, 6.45) is 0. The van der Waals surface area contributed by atoms with Crippen molar-refractivity contribution in [3.63, 3.8) is 0 Å². The maximum Gasteiger partial charge on any atom is 0.238 e. The van der Waals surface area contributed by atoms with Crippen LogP contribution in [0.3, 0.4) is 0 Å². The number of piperazine rings is 1. The van der Waals surface area contributed by atoms with Crippen LogP contribution in [-0.2, 0) is 11.3 Å². The highest BCUT2D eigenvalue weighted by atomic mass is 35.5. The number of carbonyl (C=O) groups excluding carboxylic acids is 1. The minimum atomic E-state index is -0.0834. The maximum absolute atomic E-state index is 12.6. The first-order valence-corrected chi connectivity index (χ1v) is 11.4. The molecule has 8 heteroatoms. The van der Waals surface area contributed by atoms with Gasteiger partial charge in [0.05, 0.1) is 31.5 Å². The van der Waals surface area contributed by atoms with Crippen molar-refractivity contribution in [3.05, 3.63) is 52.4 Å². The molecule has 1 aromatic heterocycles. The van der Waals surface area contributed by atoms with Gasteiger partial charge in [-0.15, -0.1) is 11.3 Å². The lowest BCUT2D eigenvalue weighted by Crippen LogP contribution is -2.48. The van der Waals surface area contributed by atoms with E-state index in [2.05, 4.69) is 44.8 Å². The molecule has 1 amide bonds. The van der Waals surface area contributed by atoms with E-state index in [4.69, 9.17) is 21.1 Å². The molecule has 0 spiro atoms. The Morgan fingerprint density at radius 2 is 1.77 bits per heavy atom. The lowest BCUT2D eigenvalue weighted by atomic mass is 10.1. The summed E-state index contributed by atoms with van der Waals surface area (Å²) in [7, 11) is 3.08. The van der Waals surface area contributed by atoms with Crippen molar-refractivity contribution in [1.29, 1.82) is 0 Å². The Hall–Kier alpha value is -2.32. The molecule has 4 rings (SSSR count). The van der Waals surface area contributed by atoms with E-state index in [0.717, 1.165) is 32.7 Å². The van der Waals surface area contributed by atoms with Gasteiger partial charge in [-0.3, -0.25) is 14.6 Å². The highest BCUT2D eigenvalue weighted by Gasteiger charge is 2.21. The van der Waals surface area contributed by atoms with E-state index >= 15 is 0 Å². The first-order valence-electron chi connectivity index (χ1n) is 10.2. The van der Waals surface area contributed by atoms with Crippen LogP contribution in [0.15, 0.2) is 41.8 Å². The molecule has 1 aliphatic heterocycles. The van der Waals surface area contributed by atoms with Gasteiger partial charge in [-0.05, 0) is 22.4 Å². The molecule has 1 saturated heterocycles. The first kappa shape index (κ1) is 21.9. The Bertz CT molecular complexity index is 1060. The molecule has 0 bridgehead atoms. The molecule has 0 aliphatic carbocycles. The number of rotatable bonds is 7. The number of fused-ring (bicyclic) bond motifs is 1. The topological polar surface area (TPSA) is 54.0 Å². The lowest BCUT2D eigenvalue weighted by Gasteiger charge is -2.34. The number of hydrogen-bond donors (Lipinski definition) is 1. The number of halogens is 1. The average molecular weight is 460 g/mol.